The molecule has 3 rings (SSSR count). The van der Waals surface area contributed by atoms with Crippen molar-refractivity contribution in [3.8, 4) is 11.5 Å². The van der Waals surface area contributed by atoms with Gasteiger partial charge in [-0.15, -0.1) is 0 Å². The van der Waals surface area contributed by atoms with Crippen molar-refractivity contribution in [1.82, 2.24) is 0 Å². The second-order valence-corrected chi connectivity index (χ2v) is 7.00. The van der Waals surface area contributed by atoms with E-state index in [-0.39, 0.29) is 0 Å². The first kappa shape index (κ1) is 19.2. The zero-order valence-corrected chi connectivity index (χ0v) is 17.1. The van der Waals surface area contributed by atoms with Crippen LogP contribution in [0, 0.1) is 6.92 Å². The number of hydrogen-bond donors (Lipinski definition) is 0. The van der Waals surface area contributed by atoms with Crippen LogP contribution in [-0.2, 0) is 6.61 Å². The Morgan fingerprint density at radius 1 is 0.926 bits per heavy atom. The summed E-state index contributed by atoms with van der Waals surface area (Å²) >= 11 is 3.58. The van der Waals surface area contributed by atoms with Crippen LogP contribution in [0.3, 0.4) is 0 Å². The summed E-state index contributed by atoms with van der Waals surface area (Å²) in [6.45, 7) is 5.25. The molecule has 0 fully saturated rings. The molecule has 0 unspecified atom stereocenters. The number of rotatable bonds is 7. The summed E-state index contributed by atoms with van der Waals surface area (Å²) in [5.74, 6) is 1.67. The molecular formula is C23H22BrNO2. The van der Waals surface area contributed by atoms with Gasteiger partial charge in [-0.3, -0.25) is 4.99 Å². The van der Waals surface area contributed by atoms with Gasteiger partial charge in [0.05, 0.1) is 16.8 Å². The van der Waals surface area contributed by atoms with Crippen LogP contribution in [0.5, 0.6) is 11.5 Å². The quantitative estimate of drug-likeness (QED) is 0.406. The average molecular weight is 424 g/mol. The van der Waals surface area contributed by atoms with E-state index >= 15 is 0 Å². The fraction of sp³-hybridized carbons (Fsp3) is 0.174. The van der Waals surface area contributed by atoms with Gasteiger partial charge in [0.25, 0.3) is 0 Å². The lowest BCUT2D eigenvalue weighted by atomic mass is 10.2. The molecule has 3 aromatic rings. The Kier molecular flexibility index (Phi) is 6.66. The molecule has 27 heavy (non-hydrogen) atoms. The van der Waals surface area contributed by atoms with Gasteiger partial charge in [-0.1, -0.05) is 29.8 Å². The second kappa shape index (κ2) is 9.38. The summed E-state index contributed by atoms with van der Waals surface area (Å²) in [5.41, 5.74) is 4.28. The maximum atomic E-state index is 5.91. The largest absolute Gasteiger partial charge is 0.494 e. The maximum Gasteiger partial charge on any atom is 0.134 e. The molecule has 4 heteroatoms. The molecule has 0 N–H and O–H groups in total. The van der Waals surface area contributed by atoms with Crippen molar-refractivity contribution in [1.29, 1.82) is 0 Å². The van der Waals surface area contributed by atoms with Crippen LogP contribution < -0.4 is 9.47 Å². The highest BCUT2D eigenvalue weighted by Gasteiger charge is 2.03. The van der Waals surface area contributed by atoms with Crippen molar-refractivity contribution >= 4 is 27.8 Å². The fourth-order valence-electron chi connectivity index (χ4n) is 2.50. The molecule has 0 saturated heterocycles. The van der Waals surface area contributed by atoms with Crippen LogP contribution in [0.1, 0.15) is 23.6 Å². The Balaban J connectivity index is 1.62. The zero-order chi connectivity index (χ0) is 19.1. The number of benzene rings is 3. The number of nitrogens with zero attached hydrogens (tertiary/aromatic N) is 1. The third kappa shape index (κ3) is 5.69. The molecule has 0 aliphatic carbocycles. The number of aryl methyl sites for hydroxylation is 1. The summed E-state index contributed by atoms with van der Waals surface area (Å²) in [5, 5.41) is 0. The molecule has 0 heterocycles. The monoisotopic (exact) mass is 423 g/mol. The van der Waals surface area contributed by atoms with Gasteiger partial charge in [-0.2, -0.15) is 0 Å². The molecule has 3 aromatic carbocycles. The van der Waals surface area contributed by atoms with E-state index in [1.807, 2.05) is 55.6 Å². The van der Waals surface area contributed by atoms with Crippen molar-refractivity contribution in [2.24, 2.45) is 4.99 Å². The Morgan fingerprint density at radius 2 is 1.67 bits per heavy atom. The minimum Gasteiger partial charge on any atom is -0.494 e. The van der Waals surface area contributed by atoms with E-state index in [9.17, 15) is 0 Å². The second-order valence-electron chi connectivity index (χ2n) is 6.15. The molecule has 0 bridgehead atoms. The topological polar surface area (TPSA) is 30.8 Å². The highest BCUT2D eigenvalue weighted by atomic mass is 79.9. The van der Waals surface area contributed by atoms with Gasteiger partial charge in [0, 0.05) is 6.21 Å². The molecule has 0 saturated carbocycles. The van der Waals surface area contributed by atoms with Crippen molar-refractivity contribution in [2.45, 2.75) is 20.5 Å². The SMILES string of the molecule is CCOc1ccc(N=Cc2ccc(OCc3ccc(C)cc3)c(Br)c2)cc1. The number of ether oxygens (including phenoxy) is 2. The summed E-state index contributed by atoms with van der Waals surface area (Å²) in [7, 11) is 0. The highest BCUT2D eigenvalue weighted by Crippen LogP contribution is 2.27. The van der Waals surface area contributed by atoms with E-state index in [1.165, 1.54) is 5.56 Å². The molecule has 0 spiro atoms. The number of hydrogen-bond acceptors (Lipinski definition) is 3. The van der Waals surface area contributed by atoms with Crippen molar-refractivity contribution in [3.63, 3.8) is 0 Å². The molecule has 138 valence electrons. The van der Waals surface area contributed by atoms with Gasteiger partial charge in [0.15, 0.2) is 0 Å². The van der Waals surface area contributed by atoms with Crippen molar-refractivity contribution in [3.05, 3.63) is 87.9 Å². The van der Waals surface area contributed by atoms with Gasteiger partial charge < -0.3 is 9.47 Å². The normalized spacial score (nSPS) is 10.9. The van der Waals surface area contributed by atoms with Crippen molar-refractivity contribution in [2.75, 3.05) is 6.61 Å². The van der Waals surface area contributed by atoms with Crippen LogP contribution in [0.25, 0.3) is 0 Å². The van der Waals surface area contributed by atoms with Gasteiger partial charge in [-0.05, 0) is 83.4 Å². The maximum absolute atomic E-state index is 5.91. The molecule has 0 aromatic heterocycles. The third-order valence-corrected chi connectivity index (χ3v) is 4.60. The molecule has 0 aliphatic rings. The Hall–Kier alpha value is -2.59. The smallest absolute Gasteiger partial charge is 0.134 e. The molecule has 0 radical (unpaired) electrons. The minimum atomic E-state index is 0.540. The van der Waals surface area contributed by atoms with E-state index in [1.54, 1.807) is 0 Å². The van der Waals surface area contributed by atoms with Crippen LogP contribution >= 0.6 is 15.9 Å². The molecule has 0 atom stereocenters. The van der Waals surface area contributed by atoms with E-state index in [0.29, 0.717) is 13.2 Å². The van der Waals surface area contributed by atoms with Crippen LogP contribution in [-0.4, -0.2) is 12.8 Å². The lowest BCUT2D eigenvalue weighted by Crippen LogP contribution is -1.96. The Bertz CT molecular complexity index is 903. The predicted octanol–water partition coefficient (Wildman–Crippen LogP) is 6.49. The van der Waals surface area contributed by atoms with Crippen LogP contribution in [0.2, 0.25) is 0 Å². The third-order valence-electron chi connectivity index (χ3n) is 3.98. The lowest BCUT2D eigenvalue weighted by Gasteiger charge is -2.09. The first-order chi connectivity index (χ1) is 13.1. The highest BCUT2D eigenvalue weighted by molar-refractivity contribution is 9.10. The van der Waals surface area contributed by atoms with E-state index in [4.69, 9.17) is 9.47 Å². The first-order valence-electron chi connectivity index (χ1n) is 8.89. The van der Waals surface area contributed by atoms with E-state index in [2.05, 4.69) is 52.1 Å². The van der Waals surface area contributed by atoms with Gasteiger partial charge in [0.2, 0.25) is 0 Å². The standard InChI is InChI=1S/C23H22BrNO2/c1-3-26-21-11-9-20(10-12-21)25-15-19-8-13-23(22(24)14-19)27-16-18-6-4-17(2)5-7-18/h4-15H,3,16H2,1-2H3. The first-order valence-corrected chi connectivity index (χ1v) is 9.68. The fourth-order valence-corrected chi connectivity index (χ4v) is 3.01. The van der Waals surface area contributed by atoms with Crippen molar-refractivity contribution < 1.29 is 9.47 Å². The zero-order valence-electron chi connectivity index (χ0n) is 15.5. The van der Waals surface area contributed by atoms with Crippen LogP contribution in [0.4, 0.5) is 5.69 Å². The number of aliphatic imine (C=N–C) groups is 1. The summed E-state index contributed by atoms with van der Waals surface area (Å²) in [6.07, 6.45) is 1.84. The molecule has 0 amide bonds. The van der Waals surface area contributed by atoms with Gasteiger partial charge in [-0.25, -0.2) is 0 Å². The molecule has 3 nitrogen and oxygen atoms in total. The minimum absolute atomic E-state index is 0.540. The van der Waals surface area contributed by atoms with Gasteiger partial charge in [0.1, 0.15) is 18.1 Å². The Labute approximate surface area is 168 Å². The molecule has 0 aliphatic heterocycles. The summed E-state index contributed by atoms with van der Waals surface area (Å²) < 4.78 is 12.3. The van der Waals surface area contributed by atoms with Crippen LogP contribution in [0.15, 0.2) is 76.2 Å². The predicted molar refractivity (Wildman–Crippen MR) is 115 cm³/mol. The van der Waals surface area contributed by atoms with E-state index in [0.717, 1.165) is 32.8 Å². The summed E-state index contributed by atoms with van der Waals surface area (Å²) in [6, 6.07) is 22.0. The Morgan fingerprint density at radius 3 is 2.33 bits per heavy atom. The number of halogens is 1. The van der Waals surface area contributed by atoms with Gasteiger partial charge >= 0.3 is 0 Å². The lowest BCUT2D eigenvalue weighted by molar-refractivity contribution is 0.304. The molecular weight excluding hydrogens is 402 g/mol. The summed E-state index contributed by atoms with van der Waals surface area (Å²) in [4.78, 5) is 4.51. The average Bonchev–Trinajstić information content (AvgIpc) is 2.68. The van der Waals surface area contributed by atoms with E-state index < -0.39 is 0 Å².